The highest BCUT2D eigenvalue weighted by Gasteiger charge is 2.11. The second-order valence-corrected chi connectivity index (χ2v) is 5.57. The van der Waals surface area contributed by atoms with E-state index in [-0.39, 0.29) is 5.56 Å². The van der Waals surface area contributed by atoms with Crippen LogP contribution in [0.1, 0.15) is 27.6 Å². The van der Waals surface area contributed by atoms with Gasteiger partial charge in [0, 0.05) is 29.3 Å². The molecule has 3 aromatic rings. The number of hydrogen-bond donors (Lipinski definition) is 2. The van der Waals surface area contributed by atoms with Crippen molar-refractivity contribution < 1.29 is 9.90 Å². The molecule has 0 aliphatic rings. The van der Waals surface area contributed by atoms with E-state index >= 15 is 0 Å². The van der Waals surface area contributed by atoms with Crippen molar-refractivity contribution in [3.05, 3.63) is 65.5 Å². The molecule has 126 valence electrons. The lowest BCUT2D eigenvalue weighted by Gasteiger charge is -2.08. The molecular weight excluding hydrogens is 318 g/mol. The molecule has 0 fully saturated rings. The minimum atomic E-state index is -0.978. The molecule has 0 saturated carbocycles. The molecule has 3 rings (SSSR count). The van der Waals surface area contributed by atoms with Crippen LogP contribution in [0, 0.1) is 13.8 Å². The molecule has 0 radical (unpaired) electrons. The SMILES string of the molecule is Cc1cc(C)nc(NCc2ncc(-c3ccccc3C(=O)O)cn2)n1. The van der Waals surface area contributed by atoms with E-state index in [9.17, 15) is 9.90 Å². The van der Waals surface area contributed by atoms with Crippen LogP contribution < -0.4 is 5.32 Å². The van der Waals surface area contributed by atoms with Crippen molar-refractivity contribution in [3.63, 3.8) is 0 Å². The standard InChI is InChI=1S/C18H17N5O2/c1-11-7-12(2)23-18(22-11)21-10-16-19-8-13(9-20-16)14-5-3-4-6-15(14)17(24)25/h3-9H,10H2,1-2H3,(H,24,25)(H,21,22,23). The number of hydrogen-bond acceptors (Lipinski definition) is 6. The summed E-state index contributed by atoms with van der Waals surface area (Å²) in [4.78, 5) is 28.5. The number of aromatic carboxylic acids is 1. The number of nitrogens with one attached hydrogen (secondary N) is 1. The lowest BCUT2D eigenvalue weighted by molar-refractivity contribution is 0.0697. The smallest absolute Gasteiger partial charge is 0.336 e. The number of rotatable bonds is 5. The van der Waals surface area contributed by atoms with Crippen LogP contribution in [-0.2, 0) is 6.54 Å². The van der Waals surface area contributed by atoms with E-state index in [4.69, 9.17) is 0 Å². The maximum absolute atomic E-state index is 11.3. The maximum atomic E-state index is 11.3. The lowest BCUT2D eigenvalue weighted by Crippen LogP contribution is -2.08. The summed E-state index contributed by atoms with van der Waals surface area (Å²) >= 11 is 0. The Labute approximate surface area is 144 Å². The van der Waals surface area contributed by atoms with Crippen LogP contribution in [0.5, 0.6) is 0 Å². The Kier molecular flexibility index (Phi) is 4.65. The average Bonchev–Trinajstić information content (AvgIpc) is 2.59. The minimum Gasteiger partial charge on any atom is -0.478 e. The van der Waals surface area contributed by atoms with Crippen molar-refractivity contribution >= 4 is 11.9 Å². The molecule has 0 saturated heterocycles. The normalized spacial score (nSPS) is 10.5. The molecule has 0 bridgehead atoms. The summed E-state index contributed by atoms with van der Waals surface area (Å²) in [6.07, 6.45) is 3.24. The van der Waals surface area contributed by atoms with Crippen LogP contribution >= 0.6 is 0 Å². The predicted octanol–water partition coefficient (Wildman–Crippen LogP) is 2.86. The van der Waals surface area contributed by atoms with Crippen molar-refractivity contribution in [1.82, 2.24) is 19.9 Å². The van der Waals surface area contributed by atoms with Crippen LogP contribution in [-0.4, -0.2) is 31.0 Å². The van der Waals surface area contributed by atoms with Crippen molar-refractivity contribution in [2.75, 3.05) is 5.32 Å². The van der Waals surface area contributed by atoms with E-state index < -0.39 is 5.97 Å². The highest BCUT2D eigenvalue weighted by molar-refractivity contribution is 5.95. The lowest BCUT2D eigenvalue weighted by atomic mass is 10.0. The van der Waals surface area contributed by atoms with E-state index in [2.05, 4.69) is 25.3 Å². The monoisotopic (exact) mass is 335 g/mol. The van der Waals surface area contributed by atoms with Gasteiger partial charge in [0.25, 0.3) is 0 Å². The second kappa shape index (κ2) is 7.04. The van der Waals surface area contributed by atoms with E-state index in [1.807, 2.05) is 19.9 Å². The average molecular weight is 335 g/mol. The van der Waals surface area contributed by atoms with E-state index in [1.165, 1.54) is 0 Å². The third kappa shape index (κ3) is 3.95. The van der Waals surface area contributed by atoms with Crippen molar-refractivity contribution in [1.29, 1.82) is 0 Å². The van der Waals surface area contributed by atoms with Gasteiger partial charge in [-0.2, -0.15) is 0 Å². The fourth-order valence-corrected chi connectivity index (χ4v) is 2.47. The highest BCUT2D eigenvalue weighted by Crippen LogP contribution is 2.22. The summed E-state index contributed by atoms with van der Waals surface area (Å²) in [6.45, 7) is 4.19. The Morgan fingerprint density at radius 2 is 1.72 bits per heavy atom. The molecule has 0 atom stereocenters. The van der Waals surface area contributed by atoms with Crippen molar-refractivity contribution in [2.24, 2.45) is 0 Å². The van der Waals surface area contributed by atoms with Crippen molar-refractivity contribution in [3.8, 4) is 11.1 Å². The first-order valence-electron chi connectivity index (χ1n) is 7.72. The number of anilines is 1. The number of aryl methyl sites for hydroxylation is 2. The fourth-order valence-electron chi connectivity index (χ4n) is 2.47. The zero-order chi connectivity index (χ0) is 17.8. The zero-order valence-corrected chi connectivity index (χ0v) is 13.9. The molecule has 2 N–H and O–H groups in total. The second-order valence-electron chi connectivity index (χ2n) is 5.57. The van der Waals surface area contributed by atoms with Crippen LogP contribution in [0.4, 0.5) is 5.95 Å². The van der Waals surface area contributed by atoms with E-state index in [0.29, 0.717) is 29.4 Å². The number of carboxylic acid groups (broad SMARTS) is 1. The number of aromatic nitrogens is 4. The van der Waals surface area contributed by atoms with Crippen LogP contribution in [0.3, 0.4) is 0 Å². The van der Waals surface area contributed by atoms with Gasteiger partial charge in [-0.1, -0.05) is 18.2 Å². The quantitative estimate of drug-likeness (QED) is 0.739. The molecular formula is C18H17N5O2. The maximum Gasteiger partial charge on any atom is 0.336 e. The van der Waals surface area contributed by atoms with Gasteiger partial charge >= 0.3 is 5.97 Å². The summed E-state index contributed by atoms with van der Waals surface area (Å²) in [5.41, 5.74) is 3.24. The molecule has 1 aromatic carbocycles. The Hall–Kier alpha value is -3.35. The first kappa shape index (κ1) is 16.5. The molecule has 0 amide bonds. The number of nitrogens with zero attached hydrogens (tertiary/aromatic N) is 4. The summed E-state index contributed by atoms with van der Waals surface area (Å²) < 4.78 is 0. The Balaban J connectivity index is 1.76. The van der Waals surface area contributed by atoms with Crippen LogP contribution in [0.15, 0.2) is 42.7 Å². The molecule has 7 nitrogen and oxygen atoms in total. The highest BCUT2D eigenvalue weighted by atomic mass is 16.4. The minimum absolute atomic E-state index is 0.223. The van der Waals surface area contributed by atoms with Gasteiger partial charge in [-0.3, -0.25) is 0 Å². The number of benzene rings is 1. The zero-order valence-electron chi connectivity index (χ0n) is 13.9. The largest absolute Gasteiger partial charge is 0.478 e. The first-order chi connectivity index (χ1) is 12.0. The van der Waals surface area contributed by atoms with Crippen LogP contribution in [0.25, 0.3) is 11.1 Å². The third-order valence-corrected chi connectivity index (χ3v) is 3.56. The van der Waals surface area contributed by atoms with Gasteiger partial charge in [-0.25, -0.2) is 24.7 Å². The predicted molar refractivity (Wildman–Crippen MR) is 93.3 cm³/mol. The summed E-state index contributed by atoms with van der Waals surface area (Å²) in [6, 6.07) is 8.68. The molecule has 0 unspecified atom stereocenters. The first-order valence-corrected chi connectivity index (χ1v) is 7.72. The van der Waals surface area contributed by atoms with Crippen molar-refractivity contribution in [2.45, 2.75) is 20.4 Å². The molecule has 0 spiro atoms. The fraction of sp³-hybridized carbons (Fsp3) is 0.167. The Morgan fingerprint density at radius 1 is 1.08 bits per heavy atom. The van der Waals surface area contributed by atoms with Crippen LogP contribution in [0.2, 0.25) is 0 Å². The summed E-state index contributed by atoms with van der Waals surface area (Å²) in [7, 11) is 0. The van der Waals surface area contributed by atoms with E-state index in [0.717, 1.165) is 11.4 Å². The van der Waals surface area contributed by atoms with Gasteiger partial charge in [-0.05, 0) is 31.5 Å². The molecule has 25 heavy (non-hydrogen) atoms. The van der Waals surface area contributed by atoms with Gasteiger partial charge < -0.3 is 10.4 Å². The van der Waals surface area contributed by atoms with Gasteiger partial charge in [0.15, 0.2) is 0 Å². The summed E-state index contributed by atoms with van der Waals surface area (Å²) in [5.74, 6) is 0.119. The third-order valence-electron chi connectivity index (χ3n) is 3.56. The Bertz CT molecular complexity index is 889. The molecule has 0 aliphatic heterocycles. The topological polar surface area (TPSA) is 101 Å². The molecule has 0 aliphatic carbocycles. The number of carboxylic acids is 1. The molecule has 2 aromatic heterocycles. The molecule has 2 heterocycles. The van der Waals surface area contributed by atoms with Gasteiger partial charge in [0.1, 0.15) is 5.82 Å². The molecule has 7 heteroatoms. The summed E-state index contributed by atoms with van der Waals surface area (Å²) in [5, 5.41) is 12.4. The van der Waals surface area contributed by atoms with Gasteiger partial charge in [-0.15, -0.1) is 0 Å². The van der Waals surface area contributed by atoms with Gasteiger partial charge in [0.05, 0.1) is 12.1 Å². The van der Waals surface area contributed by atoms with Gasteiger partial charge in [0.2, 0.25) is 5.95 Å². The number of carbonyl (C=O) groups is 1. The Morgan fingerprint density at radius 3 is 2.36 bits per heavy atom. The van der Waals surface area contributed by atoms with E-state index in [1.54, 1.807) is 36.7 Å².